The highest BCUT2D eigenvalue weighted by Gasteiger charge is 2.37. The lowest BCUT2D eigenvalue weighted by Crippen LogP contribution is -2.44. The van der Waals surface area contributed by atoms with Crippen molar-refractivity contribution in [2.45, 2.75) is 45.2 Å². The van der Waals surface area contributed by atoms with E-state index in [2.05, 4.69) is 56.8 Å². The largest absolute Gasteiger partial charge is 0.464 e. The quantitative estimate of drug-likeness (QED) is 0.800. The molecule has 0 amide bonds. The lowest BCUT2D eigenvalue weighted by Gasteiger charge is -2.35. The first-order valence-corrected chi connectivity index (χ1v) is 8.18. The molecule has 2 N–H and O–H groups in total. The third-order valence-electron chi connectivity index (χ3n) is 4.64. The molecule has 1 aliphatic carbocycles. The molecule has 4 nitrogen and oxygen atoms in total. The summed E-state index contributed by atoms with van der Waals surface area (Å²) in [7, 11) is 4.22. The highest BCUT2D eigenvalue weighted by atomic mass is 16.3. The Bertz CT molecular complexity index is 443. The monoisotopic (exact) mass is 293 g/mol. The summed E-state index contributed by atoms with van der Waals surface area (Å²) in [5.74, 6) is 3.58. The molecule has 1 saturated carbocycles. The molecule has 120 valence electrons. The number of nitrogens with two attached hydrogens (primary N) is 1. The standard InChI is InChI=1S/C17H31N3O/c1-6-20(13(3)11-19(4)5)15(10-18)17-8-7-16(21-17)14-9-12(14)2/h7-8,12-15H,6,9-11,18H2,1-5H3. The molecule has 0 radical (unpaired) electrons. The smallest absolute Gasteiger partial charge is 0.122 e. The Morgan fingerprint density at radius 3 is 2.52 bits per heavy atom. The zero-order valence-corrected chi connectivity index (χ0v) is 14.2. The molecule has 0 aliphatic heterocycles. The van der Waals surface area contributed by atoms with E-state index in [-0.39, 0.29) is 6.04 Å². The van der Waals surface area contributed by atoms with Crippen LogP contribution in [0, 0.1) is 5.92 Å². The minimum atomic E-state index is 0.174. The van der Waals surface area contributed by atoms with Crippen molar-refractivity contribution < 1.29 is 4.42 Å². The molecule has 1 fully saturated rings. The number of hydrogen-bond acceptors (Lipinski definition) is 4. The molecule has 1 heterocycles. The number of furan rings is 1. The van der Waals surface area contributed by atoms with Gasteiger partial charge in [-0.15, -0.1) is 0 Å². The van der Waals surface area contributed by atoms with Gasteiger partial charge in [0, 0.05) is 25.0 Å². The van der Waals surface area contributed by atoms with E-state index in [1.807, 2.05) is 0 Å². The Morgan fingerprint density at radius 2 is 2.05 bits per heavy atom. The second kappa shape index (κ2) is 6.95. The number of hydrogen-bond donors (Lipinski definition) is 1. The molecule has 4 atom stereocenters. The summed E-state index contributed by atoms with van der Waals surface area (Å²) in [4.78, 5) is 4.67. The average molecular weight is 293 g/mol. The van der Waals surface area contributed by atoms with Crippen molar-refractivity contribution in [2.75, 3.05) is 33.7 Å². The maximum Gasteiger partial charge on any atom is 0.122 e. The topological polar surface area (TPSA) is 45.6 Å². The number of nitrogens with zero attached hydrogens (tertiary/aromatic N) is 2. The van der Waals surface area contributed by atoms with Crippen LogP contribution in [0.3, 0.4) is 0 Å². The molecule has 21 heavy (non-hydrogen) atoms. The van der Waals surface area contributed by atoms with Gasteiger partial charge in [-0.25, -0.2) is 0 Å². The van der Waals surface area contributed by atoms with Crippen molar-refractivity contribution in [1.29, 1.82) is 0 Å². The first kappa shape index (κ1) is 16.5. The first-order chi connectivity index (χ1) is 9.97. The minimum Gasteiger partial charge on any atom is -0.464 e. The summed E-state index contributed by atoms with van der Waals surface area (Å²) in [6.45, 7) is 9.34. The lowest BCUT2D eigenvalue weighted by atomic mass is 10.1. The van der Waals surface area contributed by atoms with Gasteiger partial charge in [-0.2, -0.15) is 0 Å². The molecule has 4 heteroatoms. The normalized spacial score (nSPS) is 24.6. The van der Waals surface area contributed by atoms with Crippen LogP contribution in [-0.2, 0) is 0 Å². The van der Waals surface area contributed by atoms with Crippen LogP contribution in [0.15, 0.2) is 16.5 Å². The van der Waals surface area contributed by atoms with E-state index in [1.165, 1.54) is 6.42 Å². The van der Waals surface area contributed by atoms with Gasteiger partial charge in [0.15, 0.2) is 0 Å². The Morgan fingerprint density at radius 1 is 1.38 bits per heavy atom. The summed E-state index contributed by atoms with van der Waals surface area (Å²) in [6.07, 6.45) is 1.26. The molecule has 0 spiro atoms. The van der Waals surface area contributed by atoms with Crippen LogP contribution in [0.5, 0.6) is 0 Å². The predicted octanol–water partition coefficient (Wildman–Crippen LogP) is 2.67. The molecular formula is C17H31N3O. The molecule has 0 saturated heterocycles. The Balaban J connectivity index is 2.10. The van der Waals surface area contributed by atoms with Gasteiger partial charge in [0.1, 0.15) is 11.5 Å². The van der Waals surface area contributed by atoms with Crippen LogP contribution in [0.1, 0.15) is 50.7 Å². The summed E-state index contributed by atoms with van der Waals surface area (Å²) < 4.78 is 6.13. The Hall–Kier alpha value is -0.840. The van der Waals surface area contributed by atoms with E-state index in [1.54, 1.807) is 0 Å². The van der Waals surface area contributed by atoms with E-state index in [4.69, 9.17) is 10.2 Å². The third-order valence-corrected chi connectivity index (χ3v) is 4.64. The highest BCUT2D eigenvalue weighted by molar-refractivity contribution is 5.19. The molecule has 0 aromatic carbocycles. The van der Waals surface area contributed by atoms with Gasteiger partial charge in [-0.1, -0.05) is 13.8 Å². The lowest BCUT2D eigenvalue weighted by molar-refractivity contribution is 0.116. The average Bonchev–Trinajstić information content (AvgIpc) is 2.97. The van der Waals surface area contributed by atoms with Crippen molar-refractivity contribution >= 4 is 0 Å². The fourth-order valence-electron chi connectivity index (χ4n) is 3.35. The molecule has 1 aromatic rings. The fourth-order valence-corrected chi connectivity index (χ4v) is 3.35. The molecule has 0 bridgehead atoms. The van der Waals surface area contributed by atoms with Crippen molar-refractivity contribution in [3.8, 4) is 0 Å². The van der Waals surface area contributed by atoms with E-state index < -0.39 is 0 Å². The predicted molar refractivity (Wildman–Crippen MR) is 87.4 cm³/mol. The van der Waals surface area contributed by atoms with Gasteiger partial charge in [-0.3, -0.25) is 4.90 Å². The fraction of sp³-hybridized carbons (Fsp3) is 0.765. The van der Waals surface area contributed by atoms with Gasteiger partial charge in [0.05, 0.1) is 6.04 Å². The number of rotatable bonds is 8. The van der Waals surface area contributed by atoms with Crippen LogP contribution in [0.2, 0.25) is 0 Å². The van der Waals surface area contributed by atoms with Crippen LogP contribution in [-0.4, -0.2) is 49.6 Å². The van der Waals surface area contributed by atoms with E-state index in [0.717, 1.165) is 30.5 Å². The molecule has 1 aromatic heterocycles. The van der Waals surface area contributed by atoms with Crippen molar-refractivity contribution in [3.05, 3.63) is 23.7 Å². The van der Waals surface area contributed by atoms with E-state index in [9.17, 15) is 0 Å². The SMILES string of the molecule is CCN(C(C)CN(C)C)C(CN)c1ccc(C2CC2C)o1. The van der Waals surface area contributed by atoms with Gasteiger partial charge in [0.2, 0.25) is 0 Å². The van der Waals surface area contributed by atoms with E-state index >= 15 is 0 Å². The van der Waals surface area contributed by atoms with Crippen molar-refractivity contribution in [2.24, 2.45) is 11.7 Å². The van der Waals surface area contributed by atoms with Crippen LogP contribution in [0.4, 0.5) is 0 Å². The van der Waals surface area contributed by atoms with Crippen LogP contribution < -0.4 is 5.73 Å². The van der Waals surface area contributed by atoms with Gasteiger partial charge >= 0.3 is 0 Å². The van der Waals surface area contributed by atoms with Crippen LogP contribution in [0.25, 0.3) is 0 Å². The molecule has 4 unspecified atom stereocenters. The maximum atomic E-state index is 6.13. The van der Waals surface area contributed by atoms with Crippen molar-refractivity contribution in [1.82, 2.24) is 9.80 Å². The minimum absolute atomic E-state index is 0.174. The Labute approximate surface area is 129 Å². The zero-order valence-electron chi connectivity index (χ0n) is 14.2. The summed E-state index contributed by atoms with van der Waals surface area (Å²) in [5.41, 5.74) is 6.06. The second-order valence-electron chi connectivity index (χ2n) is 6.75. The van der Waals surface area contributed by atoms with Crippen LogP contribution >= 0.6 is 0 Å². The summed E-state index contributed by atoms with van der Waals surface area (Å²) in [6, 6.07) is 4.90. The third kappa shape index (κ3) is 3.87. The summed E-state index contributed by atoms with van der Waals surface area (Å²) >= 11 is 0. The highest BCUT2D eigenvalue weighted by Crippen LogP contribution is 2.47. The van der Waals surface area contributed by atoms with Gasteiger partial charge in [-0.05, 0) is 52.0 Å². The first-order valence-electron chi connectivity index (χ1n) is 8.18. The Kier molecular flexibility index (Phi) is 5.47. The van der Waals surface area contributed by atoms with Crippen molar-refractivity contribution in [3.63, 3.8) is 0 Å². The summed E-state index contributed by atoms with van der Waals surface area (Å²) in [5, 5.41) is 0. The number of likely N-dealkylation sites (N-methyl/N-ethyl adjacent to an activating group) is 2. The van der Waals surface area contributed by atoms with Gasteiger partial charge in [0.25, 0.3) is 0 Å². The molecular weight excluding hydrogens is 262 g/mol. The molecule has 1 aliphatic rings. The van der Waals surface area contributed by atoms with E-state index in [0.29, 0.717) is 18.5 Å². The van der Waals surface area contributed by atoms with Gasteiger partial charge < -0.3 is 15.1 Å². The maximum absolute atomic E-state index is 6.13. The second-order valence-corrected chi connectivity index (χ2v) is 6.75. The molecule has 2 rings (SSSR count). The zero-order chi connectivity index (χ0) is 15.6.